The van der Waals surface area contributed by atoms with Gasteiger partial charge in [-0.05, 0) is 13.8 Å². The van der Waals surface area contributed by atoms with Gasteiger partial charge in [-0.1, -0.05) is 0 Å². The van der Waals surface area contributed by atoms with Crippen molar-refractivity contribution in [3.8, 4) is 0 Å². The highest BCUT2D eigenvalue weighted by atomic mass is 16.6. The van der Waals surface area contributed by atoms with Crippen molar-refractivity contribution in [1.82, 2.24) is 9.24 Å². The molecule has 1 unspecified atom stereocenters. The minimum Gasteiger partial charge on any atom is -0.393 e. The average molecular weight is 328 g/mol. The Balaban J connectivity index is 2.47. The number of rotatable bonds is 4. The Kier molecular flexibility index (Phi) is 4.71. The molecule has 1 aromatic heterocycles. The number of carbonyl (C=O) groups is 1. The molecule has 2 rings (SSSR count). The third-order valence-electron chi connectivity index (χ3n) is 3.87. The summed E-state index contributed by atoms with van der Waals surface area (Å²) in [6.45, 7) is 2.17. The highest BCUT2D eigenvalue weighted by Gasteiger charge is 2.45. The molecule has 1 aromatic rings. The lowest BCUT2D eigenvalue weighted by Crippen LogP contribution is -2.49. The van der Waals surface area contributed by atoms with Crippen molar-refractivity contribution in [2.75, 3.05) is 18.6 Å². The number of carbonyl (C=O) groups excluding carboxylic acids is 1. The Labute approximate surface area is 131 Å². The first-order valence-electron chi connectivity index (χ1n) is 7.05. The molecule has 0 aromatic carbocycles. The Morgan fingerprint density at radius 1 is 1.57 bits per heavy atom. The Morgan fingerprint density at radius 3 is 2.74 bits per heavy atom. The molecule has 0 bridgehead atoms. The summed E-state index contributed by atoms with van der Waals surface area (Å²) in [5.41, 5.74) is 4.75. The summed E-state index contributed by atoms with van der Waals surface area (Å²) >= 11 is 0. The van der Waals surface area contributed by atoms with Crippen LogP contribution >= 0.6 is 0 Å². The molecule has 1 fully saturated rings. The van der Waals surface area contributed by atoms with Crippen molar-refractivity contribution in [2.45, 2.75) is 38.2 Å². The van der Waals surface area contributed by atoms with E-state index in [0.717, 1.165) is 4.57 Å². The van der Waals surface area contributed by atoms with Crippen LogP contribution in [0.3, 0.4) is 0 Å². The SMILES string of the molecule is Cc1cn([C@H]2CC(O)[C@@](C)(CO)O2)c(=O)n(NC(=O)CN)c1=O. The number of hydrogen-bond acceptors (Lipinski definition) is 7. The first-order chi connectivity index (χ1) is 10.7. The summed E-state index contributed by atoms with van der Waals surface area (Å²) in [7, 11) is 0. The summed E-state index contributed by atoms with van der Waals surface area (Å²) < 4.78 is 7.21. The Morgan fingerprint density at radius 2 is 2.22 bits per heavy atom. The van der Waals surface area contributed by atoms with Gasteiger partial charge in [-0.15, -0.1) is 0 Å². The monoisotopic (exact) mass is 328 g/mol. The second kappa shape index (κ2) is 6.24. The normalized spacial score (nSPS) is 27.2. The average Bonchev–Trinajstić information content (AvgIpc) is 2.83. The molecule has 1 aliphatic heterocycles. The standard InChI is InChI=1S/C13H20N4O6/c1-7-5-16(10-3-8(19)13(2,6-18)23-10)12(22)17(11(7)21)15-9(20)4-14/h5,8,10,18-19H,3-4,6,14H2,1-2H3,(H,15,20)/t8?,10-,13-/m1/s1. The zero-order chi connectivity index (χ0) is 17.4. The van der Waals surface area contributed by atoms with Crippen molar-refractivity contribution >= 4 is 5.91 Å². The molecule has 3 atom stereocenters. The second-order valence-corrected chi connectivity index (χ2v) is 5.68. The molecule has 2 heterocycles. The molecule has 0 saturated carbocycles. The number of aromatic nitrogens is 2. The van der Waals surface area contributed by atoms with Crippen LogP contribution in [0.15, 0.2) is 15.8 Å². The van der Waals surface area contributed by atoms with E-state index in [1.807, 2.05) is 0 Å². The first-order valence-corrected chi connectivity index (χ1v) is 7.05. The van der Waals surface area contributed by atoms with E-state index in [1.54, 1.807) is 0 Å². The number of hydrogen-bond donors (Lipinski definition) is 4. The maximum absolute atomic E-state index is 12.4. The summed E-state index contributed by atoms with van der Waals surface area (Å²) in [5.74, 6) is -0.700. The van der Waals surface area contributed by atoms with Gasteiger partial charge in [0.05, 0.1) is 19.3 Å². The van der Waals surface area contributed by atoms with Gasteiger partial charge in [-0.25, -0.2) is 4.79 Å². The highest BCUT2D eigenvalue weighted by molar-refractivity contribution is 5.85. The second-order valence-electron chi connectivity index (χ2n) is 5.68. The third-order valence-corrected chi connectivity index (χ3v) is 3.87. The van der Waals surface area contributed by atoms with E-state index in [-0.39, 0.29) is 18.5 Å². The van der Waals surface area contributed by atoms with E-state index in [0.29, 0.717) is 4.68 Å². The van der Waals surface area contributed by atoms with Gasteiger partial charge < -0.3 is 20.7 Å². The maximum atomic E-state index is 12.4. The molecular formula is C13H20N4O6. The van der Waals surface area contributed by atoms with E-state index in [1.165, 1.54) is 20.0 Å². The number of ether oxygens (including phenoxy) is 1. The number of amides is 1. The van der Waals surface area contributed by atoms with Crippen molar-refractivity contribution in [1.29, 1.82) is 0 Å². The Bertz CT molecular complexity index is 726. The largest absolute Gasteiger partial charge is 0.393 e. The molecule has 0 spiro atoms. The van der Waals surface area contributed by atoms with E-state index < -0.39 is 41.7 Å². The van der Waals surface area contributed by atoms with Crippen LogP contribution in [0.25, 0.3) is 0 Å². The topological polar surface area (TPSA) is 149 Å². The lowest BCUT2D eigenvalue weighted by molar-refractivity contribution is -0.117. The van der Waals surface area contributed by atoms with Gasteiger partial charge in [0.15, 0.2) is 0 Å². The van der Waals surface area contributed by atoms with Crippen LogP contribution in [0.1, 0.15) is 25.1 Å². The maximum Gasteiger partial charge on any atom is 0.352 e. The van der Waals surface area contributed by atoms with Crippen molar-refractivity contribution in [3.05, 3.63) is 32.6 Å². The van der Waals surface area contributed by atoms with Crippen LogP contribution in [-0.2, 0) is 9.53 Å². The lowest BCUT2D eigenvalue weighted by Gasteiger charge is -2.25. The number of nitrogens with one attached hydrogen (secondary N) is 1. The summed E-state index contributed by atoms with van der Waals surface area (Å²) in [4.78, 5) is 35.8. The fourth-order valence-corrected chi connectivity index (χ4v) is 2.36. The van der Waals surface area contributed by atoms with E-state index in [2.05, 4.69) is 5.43 Å². The third kappa shape index (κ3) is 3.06. The van der Waals surface area contributed by atoms with Crippen LogP contribution in [0.4, 0.5) is 0 Å². The molecule has 1 amide bonds. The number of aliphatic hydroxyl groups excluding tert-OH is 2. The lowest BCUT2D eigenvalue weighted by atomic mass is 10.0. The van der Waals surface area contributed by atoms with Crippen LogP contribution in [0.5, 0.6) is 0 Å². The number of nitrogens with zero attached hydrogens (tertiary/aromatic N) is 2. The van der Waals surface area contributed by atoms with E-state index in [9.17, 15) is 24.6 Å². The van der Waals surface area contributed by atoms with Crippen LogP contribution in [0.2, 0.25) is 0 Å². The van der Waals surface area contributed by atoms with Crippen molar-refractivity contribution in [2.24, 2.45) is 5.73 Å². The fraction of sp³-hybridized carbons (Fsp3) is 0.615. The molecule has 23 heavy (non-hydrogen) atoms. The quantitative estimate of drug-likeness (QED) is 0.472. The molecule has 1 saturated heterocycles. The molecule has 128 valence electrons. The van der Waals surface area contributed by atoms with E-state index >= 15 is 0 Å². The first kappa shape index (κ1) is 17.3. The van der Waals surface area contributed by atoms with Gasteiger partial charge >= 0.3 is 5.69 Å². The zero-order valence-electron chi connectivity index (χ0n) is 12.9. The minimum absolute atomic E-state index is 0.0550. The summed E-state index contributed by atoms with van der Waals surface area (Å²) in [6, 6.07) is 0. The molecule has 0 radical (unpaired) electrons. The fourth-order valence-electron chi connectivity index (χ4n) is 2.36. The molecule has 10 nitrogen and oxygen atoms in total. The minimum atomic E-state index is -1.21. The Hall–Kier alpha value is -2.01. The van der Waals surface area contributed by atoms with Crippen LogP contribution in [0, 0.1) is 6.92 Å². The number of aryl methyl sites for hydroxylation is 1. The zero-order valence-corrected chi connectivity index (χ0v) is 12.9. The number of aliphatic hydroxyl groups is 2. The molecule has 10 heteroatoms. The van der Waals surface area contributed by atoms with Gasteiger partial charge in [-0.3, -0.25) is 19.6 Å². The van der Waals surface area contributed by atoms with Gasteiger partial charge in [0, 0.05) is 18.2 Å². The van der Waals surface area contributed by atoms with Gasteiger partial charge in [0.25, 0.3) is 11.5 Å². The summed E-state index contributed by atoms with van der Waals surface area (Å²) in [5, 5.41) is 19.3. The van der Waals surface area contributed by atoms with Crippen molar-refractivity contribution < 1.29 is 19.7 Å². The van der Waals surface area contributed by atoms with Crippen molar-refractivity contribution in [3.63, 3.8) is 0 Å². The molecule has 0 aliphatic carbocycles. The smallest absolute Gasteiger partial charge is 0.352 e. The molecular weight excluding hydrogens is 308 g/mol. The van der Waals surface area contributed by atoms with Gasteiger partial charge in [-0.2, -0.15) is 4.68 Å². The molecule has 5 N–H and O–H groups in total. The predicted molar refractivity (Wildman–Crippen MR) is 79.4 cm³/mol. The number of nitrogens with two attached hydrogens (primary N) is 1. The molecule has 1 aliphatic rings. The highest BCUT2D eigenvalue weighted by Crippen LogP contribution is 2.35. The predicted octanol–water partition coefficient (Wildman–Crippen LogP) is -2.62. The van der Waals surface area contributed by atoms with Crippen LogP contribution < -0.4 is 22.4 Å². The van der Waals surface area contributed by atoms with Crippen LogP contribution in [-0.4, -0.2) is 50.2 Å². The van der Waals surface area contributed by atoms with E-state index in [4.69, 9.17) is 10.5 Å². The van der Waals surface area contributed by atoms with Gasteiger partial charge in [0.2, 0.25) is 0 Å². The van der Waals surface area contributed by atoms with Gasteiger partial charge in [0.1, 0.15) is 11.8 Å². The summed E-state index contributed by atoms with van der Waals surface area (Å²) in [6.07, 6.45) is -0.519.